The fraction of sp³-hybridized carbons (Fsp3) is 1.00. The molecule has 0 atom stereocenters. The zero-order valence-corrected chi connectivity index (χ0v) is 9.43. The molecule has 0 heterocycles. The molecule has 2 aliphatic carbocycles. The highest BCUT2D eigenvalue weighted by molar-refractivity contribution is 4.87. The molecule has 2 N–H and O–H groups in total. The van der Waals surface area contributed by atoms with Crippen LogP contribution < -0.4 is 5.73 Å². The van der Waals surface area contributed by atoms with E-state index >= 15 is 0 Å². The molecule has 0 aliphatic heterocycles. The van der Waals surface area contributed by atoms with Gasteiger partial charge in [-0.2, -0.15) is 0 Å². The number of nitrogens with two attached hydrogens (primary N) is 1. The lowest BCUT2D eigenvalue weighted by molar-refractivity contribution is 0.129. The predicted molar refractivity (Wildman–Crippen MR) is 61.2 cm³/mol. The first-order valence-electron chi connectivity index (χ1n) is 6.56. The van der Waals surface area contributed by atoms with Gasteiger partial charge in [-0.15, -0.1) is 0 Å². The van der Waals surface area contributed by atoms with Gasteiger partial charge in [0.05, 0.1) is 0 Å². The van der Waals surface area contributed by atoms with Crippen molar-refractivity contribution in [3.05, 3.63) is 0 Å². The van der Waals surface area contributed by atoms with Crippen LogP contribution in [0.25, 0.3) is 0 Å². The van der Waals surface area contributed by atoms with E-state index in [1.54, 1.807) is 0 Å². The average molecular weight is 195 g/mol. The fourth-order valence-electron chi connectivity index (χ4n) is 3.41. The van der Waals surface area contributed by atoms with Crippen LogP contribution in [0.4, 0.5) is 0 Å². The molecule has 14 heavy (non-hydrogen) atoms. The fourth-order valence-corrected chi connectivity index (χ4v) is 3.41. The van der Waals surface area contributed by atoms with E-state index in [2.05, 4.69) is 0 Å². The van der Waals surface area contributed by atoms with Crippen LogP contribution in [0.3, 0.4) is 0 Å². The van der Waals surface area contributed by atoms with Crippen molar-refractivity contribution in [3.63, 3.8) is 0 Å². The van der Waals surface area contributed by atoms with Crippen LogP contribution in [-0.4, -0.2) is 6.04 Å². The van der Waals surface area contributed by atoms with E-state index in [0.717, 1.165) is 5.41 Å². The first-order chi connectivity index (χ1) is 6.81. The van der Waals surface area contributed by atoms with Gasteiger partial charge in [0.15, 0.2) is 0 Å². The van der Waals surface area contributed by atoms with Gasteiger partial charge in [-0.1, -0.05) is 32.1 Å². The first-order valence-corrected chi connectivity index (χ1v) is 6.56. The Morgan fingerprint density at radius 1 is 0.714 bits per heavy atom. The minimum atomic E-state index is 0.520. The van der Waals surface area contributed by atoms with Crippen LogP contribution in [-0.2, 0) is 0 Å². The van der Waals surface area contributed by atoms with Crippen molar-refractivity contribution in [3.8, 4) is 0 Å². The Morgan fingerprint density at radius 3 is 1.79 bits per heavy atom. The van der Waals surface area contributed by atoms with Gasteiger partial charge in [0.2, 0.25) is 0 Å². The predicted octanol–water partition coefficient (Wildman–Crippen LogP) is 3.62. The molecule has 82 valence electrons. The molecular weight excluding hydrogens is 170 g/mol. The van der Waals surface area contributed by atoms with Gasteiger partial charge in [-0.25, -0.2) is 0 Å². The van der Waals surface area contributed by atoms with Gasteiger partial charge in [0.1, 0.15) is 0 Å². The summed E-state index contributed by atoms with van der Waals surface area (Å²) >= 11 is 0. The zero-order chi connectivity index (χ0) is 9.86. The SMILES string of the molecule is NC1CCC2(CCCCCCC2)CC1. The third kappa shape index (κ3) is 2.50. The second-order valence-electron chi connectivity index (χ2n) is 5.61. The van der Waals surface area contributed by atoms with Crippen molar-refractivity contribution >= 4 is 0 Å². The van der Waals surface area contributed by atoms with Gasteiger partial charge in [-0.05, 0) is 43.9 Å². The number of rotatable bonds is 0. The van der Waals surface area contributed by atoms with E-state index in [1.807, 2.05) is 0 Å². The van der Waals surface area contributed by atoms with E-state index in [1.165, 1.54) is 70.6 Å². The maximum absolute atomic E-state index is 5.99. The topological polar surface area (TPSA) is 26.0 Å². The second-order valence-corrected chi connectivity index (χ2v) is 5.61. The largest absolute Gasteiger partial charge is 0.328 e. The van der Waals surface area contributed by atoms with Gasteiger partial charge in [0.25, 0.3) is 0 Å². The molecule has 0 unspecified atom stereocenters. The Morgan fingerprint density at radius 2 is 1.21 bits per heavy atom. The number of hydrogen-bond donors (Lipinski definition) is 1. The van der Waals surface area contributed by atoms with Crippen molar-refractivity contribution in [1.82, 2.24) is 0 Å². The molecule has 0 saturated heterocycles. The summed E-state index contributed by atoms with van der Waals surface area (Å²) in [4.78, 5) is 0. The quantitative estimate of drug-likeness (QED) is 0.627. The third-order valence-corrected chi connectivity index (χ3v) is 4.51. The molecule has 1 spiro atoms. The normalized spacial score (nSPS) is 29.8. The van der Waals surface area contributed by atoms with Gasteiger partial charge in [0, 0.05) is 6.04 Å². The molecule has 2 aliphatic rings. The van der Waals surface area contributed by atoms with Crippen molar-refractivity contribution in [2.45, 2.75) is 76.7 Å². The minimum absolute atomic E-state index is 0.520. The molecule has 0 radical (unpaired) electrons. The summed E-state index contributed by atoms with van der Waals surface area (Å²) in [5, 5.41) is 0. The Hall–Kier alpha value is -0.0400. The highest BCUT2D eigenvalue weighted by Crippen LogP contribution is 2.45. The Labute approximate surface area is 88.4 Å². The molecule has 0 bridgehead atoms. The Bertz CT molecular complexity index is 151. The molecule has 0 aromatic heterocycles. The van der Waals surface area contributed by atoms with Crippen molar-refractivity contribution in [1.29, 1.82) is 0 Å². The van der Waals surface area contributed by atoms with Crippen molar-refractivity contribution in [2.75, 3.05) is 0 Å². The number of hydrogen-bond acceptors (Lipinski definition) is 1. The monoisotopic (exact) mass is 195 g/mol. The maximum atomic E-state index is 5.99. The summed E-state index contributed by atoms with van der Waals surface area (Å²) in [5.74, 6) is 0. The summed E-state index contributed by atoms with van der Waals surface area (Å²) in [6.45, 7) is 0. The van der Waals surface area contributed by atoms with Crippen LogP contribution in [0.15, 0.2) is 0 Å². The van der Waals surface area contributed by atoms with E-state index < -0.39 is 0 Å². The lowest BCUT2D eigenvalue weighted by Gasteiger charge is -2.40. The maximum Gasteiger partial charge on any atom is 0.00392 e. The minimum Gasteiger partial charge on any atom is -0.328 e. The van der Waals surface area contributed by atoms with Gasteiger partial charge in [-0.3, -0.25) is 0 Å². The van der Waals surface area contributed by atoms with E-state index in [9.17, 15) is 0 Å². The van der Waals surface area contributed by atoms with Crippen LogP contribution in [0.2, 0.25) is 0 Å². The molecule has 0 aromatic carbocycles. The van der Waals surface area contributed by atoms with Gasteiger partial charge < -0.3 is 5.73 Å². The Balaban J connectivity index is 1.91. The smallest absolute Gasteiger partial charge is 0.00392 e. The molecule has 2 rings (SSSR count). The van der Waals surface area contributed by atoms with Crippen LogP contribution >= 0.6 is 0 Å². The van der Waals surface area contributed by atoms with E-state index in [0.29, 0.717) is 6.04 Å². The molecule has 1 nitrogen and oxygen atoms in total. The summed E-state index contributed by atoms with van der Waals surface area (Å²) in [5.41, 5.74) is 6.73. The van der Waals surface area contributed by atoms with E-state index in [4.69, 9.17) is 5.73 Å². The zero-order valence-electron chi connectivity index (χ0n) is 9.43. The average Bonchev–Trinajstić information content (AvgIpc) is 2.16. The molecule has 2 saturated carbocycles. The first kappa shape index (κ1) is 10.5. The highest BCUT2D eigenvalue weighted by Gasteiger charge is 2.33. The molecular formula is C13H25N. The molecule has 0 aromatic rings. The summed E-state index contributed by atoms with van der Waals surface area (Å²) in [6.07, 6.45) is 15.8. The highest BCUT2D eigenvalue weighted by atomic mass is 14.6. The third-order valence-electron chi connectivity index (χ3n) is 4.51. The summed E-state index contributed by atoms with van der Waals surface area (Å²) < 4.78 is 0. The summed E-state index contributed by atoms with van der Waals surface area (Å²) in [7, 11) is 0. The lowest BCUT2D eigenvalue weighted by atomic mass is 9.66. The molecule has 1 heteroatoms. The standard InChI is InChI=1S/C13H25N/c14-12-6-10-13(11-7-12)8-4-2-1-3-5-9-13/h12H,1-11,14H2. The van der Waals surface area contributed by atoms with Crippen LogP contribution in [0.1, 0.15) is 70.6 Å². The second kappa shape index (κ2) is 4.65. The van der Waals surface area contributed by atoms with Crippen molar-refractivity contribution < 1.29 is 0 Å². The summed E-state index contributed by atoms with van der Waals surface area (Å²) in [6, 6.07) is 0.520. The lowest BCUT2D eigenvalue weighted by Crippen LogP contribution is -2.34. The molecule has 2 fully saturated rings. The van der Waals surface area contributed by atoms with Crippen molar-refractivity contribution in [2.24, 2.45) is 11.1 Å². The molecule has 0 amide bonds. The van der Waals surface area contributed by atoms with Crippen LogP contribution in [0, 0.1) is 5.41 Å². The van der Waals surface area contributed by atoms with Gasteiger partial charge >= 0.3 is 0 Å². The van der Waals surface area contributed by atoms with Crippen LogP contribution in [0.5, 0.6) is 0 Å². The van der Waals surface area contributed by atoms with E-state index in [-0.39, 0.29) is 0 Å². The Kier molecular flexibility index (Phi) is 3.48.